The molecule has 1 atom stereocenters. The third-order valence-electron chi connectivity index (χ3n) is 4.63. The predicted octanol–water partition coefficient (Wildman–Crippen LogP) is 4.91. The Balaban J connectivity index is 1.94. The number of fused-ring (bicyclic) bond motifs is 1. The largest absolute Gasteiger partial charge is 0.387 e. The van der Waals surface area contributed by atoms with E-state index in [0.29, 0.717) is 32.9 Å². The third kappa shape index (κ3) is 4.68. The van der Waals surface area contributed by atoms with Crippen LogP contribution in [0.2, 0.25) is 5.02 Å². The first-order valence-electron chi connectivity index (χ1n) is 9.05. The van der Waals surface area contributed by atoms with E-state index in [1.807, 2.05) is 18.2 Å². The van der Waals surface area contributed by atoms with E-state index in [4.69, 9.17) is 51.4 Å². The quantitative estimate of drug-likeness (QED) is 0.407. The van der Waals surface area contributed by atoms with Crippen LogP contribution in [0.3, 0.4) is 0 Å². The van der Waals surface area contributed by atoms with Gasteiger partial charge in [0.2, 0.25) is 3.79 Å². The van der Waals surface area contributed by atoms with Crippen LogP contribution in [0.25, 0.3) is 33.4 Å². The van der Waals surface area contributed by atoms with E-state index in [1.165, 1.54) is 10.9 Å². The number of rotatable bonds is 4. The lowest BCUT2D eigenvalue weighted by molar-refractivity contribution is 0.156. The van der Waals surface area contributed by atoms with Crippen LogP contribution in [0, 0.1) is 0 Å². The van der Waals surface area contributed by atoms with Crippen molar-refractivity contribution in [2.45, 2.75) is 16.4 Å². The summed E-state index contributed by atoms with van der Waals surface area (Å²) >= 11 is 23.2. The van der Waals surface area contributed by atoms with Crippen LogP contribution in [0.5, 0.6) is 0 Å². The van der Waals surface area contributed by atoms with Crippen molar-refractivity contribution in [3.05, 3.63) is 76.6 Å². The van der Waals surface area contributed by atoms with E-state index < -0.39 is 15.5 Å². The monoisotopic (exact) mass is 494 g/mol. The first-order chi connectivity index (χ1) is 14.7. The summed E-state index contributed by atoms with van der Waals surface area (Å²) in [5.41, 5.74) is 2.53. The summed E-state index contributed by atoms with van der Waals surface area (Å²) in [6.45, 7) is -0.237. The molecule has 3 heterocycles. The van der Waals surface area contributed by atoms with Gasteiger partial charge in [0.05, 0.1) is 29.6 Å². The molecule has 1 aromatic carbocycles. The van der Waals surface area contributed by atoms with E-state index in [2.05, 4.69) is 9.97 Å². The Morgan fingerprint density at radius 2 is 1.84 bits per heavy atom. The second kappa shape index (κ2) is 8.73. The standard InChI is InChI=1S/C21H14Cl4N4O2/c22-14-5-3-12(4-6-14)16-8-15-19(18(28-16)13-2-1-7-26-9-13)27-11-29(20(15)31)10-17(30)21(23,24)25/h1-9,11,17,30H,10H2/t17-/m0/s1. The fraction of sp³-hybridized carbons (Fsp3) is 0.143. The highest BCUT2D eigenvalue weighted by atomic mass is 35.6. The van der Waals surface area contributed by atoms with Gasteiger partial charge in [0.1, 0.15) is 11.6 Å². The van der Waals surface area contributed by atoms with E-state index in [0.717, 1.165) is 5.56 Å². The van der Waals surface area contributed by atoms with Gasteiger partial charge in [-0.2, -0.15) is 0 Å². The summed E-state index contributed by atoms with van der Waals surface area (Å²) in [4.78, 5) is 26.5. The van der Waals surface area contributed by atoms with Gasteiger partial charge >= 0.3 is 0 Å². The number of alkyl halides is 3. The second-order valence-corrected chi connectivity index (χ2v) is 9.57. The van der Waals surface area contributed by atoms with Crippen molar-refractivity contribution in [2.75, 3.05) is 0 Å². The minimum atomic E-state index is -1.94. The lowest BCUT2D eigenvalue weighted by atomic mass is 10.1. The molecule has 0 fully saturated rings. The van der Waals surface area contributed by atoms with Crippen LogP contribution in [0.1, 0.15) is 0 Å². The molecule has 0 aliphatic rings. The maximum absolute atomic E-state index is 13.2. The molecule has 0 spiro atoms. The highest BCUT2D eigenvalue weighted by molar-refractivity contribution is 6.68. The normalized spacial score (nSPS) is 12.8. The van der Waals surface area contributed by atoms with Gasteiger partial charge in [-0.25, -0.2) is 9.97 Å². The fourth-order valence-corrected chi connectivity index (χ4v) is 3.39. The number of hydrogen-bond donors (Lipinski definition) is 1. The van der Waals surface area contributed by atoms with Gasteiger partial charge < -0.3 is 5.11 Å². The van der Waals surface area contributed by atoms with Gasteiger partial charge in [-0.3, -0.25) is 14.3 Å². The summed E-state index contributed by atoms with van der Waals surface area (Å²) < 4.78 is -0.741. The average Bonchev–Trinajstić information content (AvgIpc) is 2.75. The molecule has 0 saturated heterocycles. The van der Waals surface area contributed by atoms with Crippen LogP contribution in [0.15, 0.2) is 66.0 Å². The molecule has 0 saturated carbocycles. The molecule has 158 valence electrons. The number of aromatic nitrogens is 4. The average molecular weight is 496 g/mol. The zero-order valence-corrected chi connectivity index (χ0v) is 18.7. The molecule has 10 heteroatoms. The number of nitrogens with zero attached hydrogens (tertiary/aromatic N) is 4. The van der Waals surface area contributed by atoms with E-state index in [9.17, 15) is 9.90 Å². The minimum absolute atomic E-state index is 0.237. The number of benzene rings is 1. The predicted molar refractivity (Wildman–Crippen MR) is 124 cm³/mol. The topological polar surface area (TPSA) is 80.9 Å². The first kappa shape index (κ1) is 22.0. The summed E-state index contributed by atoms with van der Waals surface area (Å²) in [6, 6.07) is 12.4. The lowest BCUT2D eigenvalue weighted by Crippen LogP contribution is -2.34. The lowest BCUT2D eigenvalue weighted by Gasteiger charge is -2.20. The maximum Gasteiger partial charge on any atom is 0.261 e. The van der Waals surface area contributed by atoms with Crippen molar-refractivity contribution in [3.8, 4) is 22.5 Å². The molecule has 6 nitrogen and oxygen atoms in total. The highest BCUT2D eigenvalue weighted by Gasteiger charge is 2.31. The number of pyridine rings is 2. The van der Waals surface area contributed by atoms with E-state index in [1.54, 1.807) is 36.7 Å². The Kier molecular flexibility index (Phi) is 6.19. The van der Waals surface area contributed by atoms with Crippen LogP contribution in [0.4, 0.5) is 0 Å². The van der Waals surface area contributed by atoms with Crippen LogP contribution >= 0.6 is 46.4 Å². The number of hydrogen-bond acceptors (Lipinski definition) is 5. The molecule has 0 bridgehead atoms. The zero-order valence-electron chi connectivity index (χ0n) is 15.7. The Morgan fingerprint density at radius 1 is 1.10 bits per heavy atom. The van der Waals surface area contributed by atoms with Gasteiger partial charge in [-0.05, 0) is 30.3 Å². The highest BCUT2D eigenvalue weighted by Crippen LogP contribution is 2.31. The molecule has 0 aliphatic heterocycles. The summed E-state index contributed by atoms with van der Waals surface area (Å²) in [6.07, 6.45) is 3.19. The SMILES string of the molecule is O=c1c2cc(-c3ccc(Cl)cc3)nc(-c3cccnc3)c2ncn1C[C@H](O)C(Cl)(Cl)Cl. The third-order valence-corrected chi connectivity index (χ3v) is 5.64. The Morgan fingerprint density at radius 3 is 2.48 bits per heavy atom. The van der Waals surface area contributed by atoms with Gasteiger partial charge in [-0.15, -0.1) is 0 Å². The van der Waals surface area contributed by atoms with E-state index >= 15 is 0 Å². The molecule has 3 aromatic heterocycles. The Hall–Kier alpha value is -2.22. The van der Waals surface area contributed by atoms with Crippen molar-refractivity contribution < 1.29 is 5.11 Å². The molecule has 0 radical (unpaired) electrons. The number of halogens is 4. The minimum Gasteiger partial charge on any atom is -0.387 e. The van der Waals surface area contributed by atoms with Crippen molar-refractivity contribution >= 4 is 57.3 Å². The molecular weight excluding hydrogens is 482 g/mol. The molecule has 31 heavy (non-hydrogen) atoms. The van der Waals surface area contributed by atoms with Crippen LogP contribution < -0.4 is 5.56 Å². The molecule has 4 aromatic rings. The summed E-state index contributed by atoms with van der Waals surface area (Å²) in [5, 5.41) is 11.0. The molecule has 0 unspecified atom stereocenters. The fourth-order valence-electron chi connectivity index (χ4n) is 3.06. The molecule has 4 rings (SSSR count). The Bertz CT molecular complexity index is 1290. The smallest absolute Gasteiger partial charge is 0.261 e. The van der Waals surface area contributed by atoms with Crippen molar-refractivity contribution in [2.24, 2.45) is 0 Å². The van der Waals surface area contributed by atoms with Crippen molar-refractivity contribution in [1.29, 1.82) is 0 Å². The van der Waals surface area contributed by atoms with Crippen LogP contribution in [-0.4, -0.2) is 34.5 Å². The van der Waals surface area contributed by atoms with Gasteiger partial charge in [0.25, 0.3) is 5.56 Å². The second-order valence-electron chi connectivity index (χ2n) is 6.76. The van der Waals surface area contributed by atoms with Crippen LogP contribution in [-0.2, 0) is 6.54 Å². The van der Waals surface area contributed by atoms with Crippen molar-refractivity contribution in [3.63, 3.8) is 0 Å². The molecule has 0 amide bonds. The number of aliphatic hydroxyl groups excluding tert-OH is 1. The van der Waals surface area contributed by atoms with Crippen molar-refractivity contribution in [1.82, 2.24) is 19.5 Å². The summed E-state index contributed by atoms with van der Waals surface area (Å²) in [5.74, 6) is 0. The first-order valence-corrected chi connectivity index (χ1v) is 10.6. The van der Waals surface area contributed by atoms with E-state index in [-0.39, 0.29) is 6.54 Å². The molecular formula is C21H14Cl4N4O2. The maximum atomic E-state index is 13.2. The van der Waals surface area contributed by atoms with Gasteiger partial charge in [-0.1, -0.05) is 58.5 Å². The number of aliphatic hydroxyl groups is 1. The Labute approximate surface area is 197 Å². The van der Waals surface area contributed by atoms with Gasteiger partial charge in [0, 0.05) is 28.5 Å². The molecule has 0 aliphatic carbocycles. The van der Waals surface area contributed by atoms with Gasteiger partial charge in [0.15, 0.2) is 0 Å². The zero-order chi connectivity index (χ0) is 22.2. The summed E-state index contributed by atoms with van der Waals surface area (Å²) in [7, 11) is 0. The molecule has 1 N–H and O–H groups in total.